The van der Waals surface area contributed by atoms with Gasteiger partial charge in [0, 0.05) is 24.0 Å². The van der Waals surface area contributed by atoms with Crippen LogP contribution in [0.1, 0.15) is 17.2 Å². The van der Waals surface area contributed by atoms with Crippen LogP contribution in [-0.2, 0) is 6.42 Å². The SMILES string of the molecule is Fc1cc2ncnc(NCC3NCCc4ccccc43)c2cc1F. The lowest BCUT2D eigenvalue weighted by atomic mass is 9.94. The molecule has 0 aliphatic carbocycles. The minimum Gasteiger partial charge on any atom is -0.368 e. The Hall–Kier alpha value is -2.60. The standard InChI is InChI=1S/C18H16F2N4/c19-14-7-13-16(8-15(14)20)23-10-24-18(13)22-9-17-12-4-2-1-3-11(12)5-6-21-17/h1-4,7-8,10,17,21H,5-6,9H2,(H,22,23,24). The molecule has 2 heterocycles. The van der Waals surface area contributed by atoms with E-state index in [0.29, 0.717) is 23.3 Å². The van der Waals surface area contributed by atoms with Crippen LogP contribution in [0.4, 0.5) is 14.6 Å². The van der Waals surface area contributed by atoms with Crippen molar-refractivity contribution in [2.75, 3.05) is 18.4 Å². The van der Waals surface area contributed by atoms with Crippen molar-refractivity contribution in [3.8, 4) is 0 Å². The van der Waals surface area contributed by atoms with E-state index in [1.165, 1.54) is 17.5 Å². The van der Waals surface area contributed by atoms with Gasteiger partial charge in [0.15, 0.2) is 11.6 Å². The van der Waals surface area contributed by atoms with Gasteiger partial charge in [-0.1, -0.05) is 24.3 Å². The highest BCUT2D eigenvalue weighted by atomic mass is 19.2. The minimum atomic E-state index is -0.907. The molecule has 6 heteroatoms. The van der Waals surface area contributed by atoms with Crippen molar-refractivity contribution in [1.29, 1.82) is 0 Å². The van der Waals surface area contributed by atoms with Gasteiger partial charge in [-0.2, -0.15) is 0 Å². The van der Waals surface area contributed by atoms with E-state index in [2.05, 4.69) is 32.7 Å². The zero-order chi connectivity index (χ0) is 16.5. The third-order valence-corrected chi connectivity index (χ3v) is 4.37. The first-order chi connectivity index (χ1) is 11.7. The van der Waals surface area contributed by atoms with E-state index in [1.54, 1.807) is 0 Å². The maximum atomic E-state index is 13.6. The summed E-state index contributed by atoms with van der Waals surface area (Å²) in [6.07, 6.45) is 2.36. The van der Waals surface area contributed by atoms with Gasteiger partial charge in [0.05, 0.1) is 5.52 Å². The molecule has 2 aromatic carbocycles. The Labute approximate surface area is 137 Å². The summed E-state index contributed by atoms with van der Waals surface area (Å²) in [5, 5.41) is 7.19. The van der Waals surface area contributed by atoms with Crippen molar-refractivity contribution < 1.29 is 8.78 Å². The van der Waals surface area contributed by atoms with Crippen molar-refractivity contribution in [2.45, 2.75) is 12.5 Å². The van der Waals surface area contributed by atoms with Crippen LogP contribution in [0.5, 0.6) is 0 Å². The van der Waals surface area contributed by atoms with Gasteiger partial charge in [-0.15, -0.1) is 0 Å². The second kappa shape index (κ2) is 6.13. The maximum Gasteiger partial charge on any atom is 0.161 e. The van der Waals surface area contributed by atoms with Gasteiger partial charge < -0.3 is 10.6 Å². The average Bonchev–Trinajstić information content (AvgIpc) is 2.61. The lowest BCUT2D eigenvalue weighted by Crippen LogP contribution is -2.34. The van der Waals surface area contributed by atoms with Gasteiger partial charge in [-0.25, -0.2) is 18.7 Å². The molecule has 0 amide bonds. The van der Waals surface area contributed by atoms with Crippen LogP contribution in [0.3, 0.4) is 0 Å². The fourth-order valence-corrected chi connectivity index (χ4v) is 3.17. The molecule has 1 unspecified atom stereocenters. The molecule has 0 saturated heterocycles. The Balaban J connectivity index is 1.61. The number of hydrogen-bond donors (Lipinski definition) is 2. The number of halogens is 2. The molecular weight excluding hydrogens is 310 g/mol. The Morgan fingerprint density at radius 3 is 2.88 bits per heavy atom. The van der Waals surface area contributed by atoms with Gasteiger partial charge >= 0.3 is 0 Å². The normalized spacial score (nSPS) is 16.8. The minimum absolute atomic E-state index is 0.144. The largest absolute Gasteiger partial charge is 0.368 e. The molecule has 4 rings (SSSR count). The van der Waals surface area contributed by atoms with Gasteiger partial charge in [0.25, 0.3) is 0 Å². The molecule has 1 atom stereocenters. The molecule has 1 aliphatic heterocycles. The molecule has 1 aliphatic rings. The highest BCUT2D eigenvalue weighted by molar-refractivity contribution is 5.88. The lowest BCUT2D eigenvalue weighted by molar-refractivity contribution is 0.510. The second-order valence-corrected chi connectivity index (χ2v) is 5.84. The van der Waals surface area contributed by atoms with Crippen LogP contribution in [0.2, 0.25) is 0 Å². The third-order valence-electron chi connectivity index (χ3n) is 4.37. The van der Waals surface area contributed by atoms with Crippen LogP contribution in [0.25, 0.3) is 10.9 Å². The summed E-state index contributed by atoms with van der Waals surface area (Å²) >= 11 is 0. The van der Waals surface area contributed by atoms with Crippen molar-refractivity contribution in [2.24, 2.45) is 0 Å². The number of nitrogens with one attached hydrogen (secondary N) is 2. The predicted octanol–water partition coefficient (Wildman–Crippen LogP) is 3.21. The molecule has 0 saturated carbocycles. The molecule has 24 heavy (non-hydrogen) atoms. The molecule has 1 aromatic heterocycles. The summed E-state index contributed by atoms with van der Waals surface area (Å²) in [7, 11) is 0. The van der Waals surface area contributed by atoms with Gasteiger partial charge in [-0.3, -0.25) is 0 Å². The monoisotopic (exact) mass is 326 g/mol. The summed E-state index contributed by atoms with van der Waals surface area (Å²) in [4.78, 5) is 8.18. The number of fused-ring (bicyclic) bond motifs is 2. The first-order valence-electron chi connectivity index (χ1n) is 7.87. The van der Waals surface area contributed by atoms with Gasteiger partial charge in [0.2, 0.25) is 0 Å². The Morgan fingerprint density at radius 2 is 1.96 bits per heavy atom. The molecule has 0 fully saturated rings. The number of hydrogen-bond acceptors (Lipinski definition) is 4. The Kier molecular flexibility index (Phi) is 3.82. The Bertz CT molecular complexity index is 897. The van der Waals surface area contributed by atoms with E-state index in [4.69, 9.17) is 0 Å². The van der Waals surface area contributed by atoms with Crippen molar-refractivity contribution >= 4 is 16.7 Å². The van der Waals surface area contributed by atoms with E-state index >= 15 is 0 Å². The fraction of sp³-hybridized carbons (Fsp3) is 0.222. The summed E-state index contributed by atoms with van der Waals surface area (Å²) in [5.74, 6) is -1.31. The van der Waals surface area contributed by atoms with Crippen LogP contribution < -0.4 is 10.6 Å². The highest BCUT2D eigenvalue weighted by Gasteiger charge is 2.19. The first kappa shape index (κ1) is 15.0. The van der Waals surface area contributed by atoms with E-state index in [9.17, 15) is 8.78 Å². The zero-order valence-corrected chi connectivity index (χ0v) is 12.9. The third kappa shape index (κ3) is 2.69. The molecule has 122 valence electrons. The quantitative estimate of drug-likeness (QED) is 0.776. The predicted molar refractivity (Wildman–Crippen MR) is 88.8 cm³/mol. The fourth-order valence-electron chi connectivity index (χ4n) is 3.17. The maximum absolute atomic E-state index is 13.6. The van der Waals surface area contributed by atoms with Crippen molar-refractivity contribution in [3.63, 3.8) is 0 Å². The van der Waals surface area contributed by atoms with Crippen molar-refractivity contribution in [3.05, 3.63) is 65.5 Å². The smallest absolute Gasteiger partial charge is 0.161 e. The molecule has 0 bridgehead atoms. The Morgan fingerprint density at radius 1 is 1.12 bits per heavy atom. The number of nitrogens with zero attached hydrogens (tertiary/aromatic N) is 2. The highest BCUT2D eigenvalue weighted by Crippen LogP contribution is 2.25. The summed E-state index contributed by atoms with van der Waals surface area (Å²) in [5.41, 5.74) is 2.97. The molecule has 4 nitrogen and oxygen atoms in total. The number of aromatic nitrogens is 2. The second-order valence-electron chi connectivity index (χ2n) is 5.84. The molecular formula is C18H16F2N4. The van der Waals surface area contributed by atoms with E-state index < -0.39 is 11.6 Å². The van der Waals surface area contributed by atoms with Crippen LogP contribution in [0.15, 0.2) is 42.7 Å². The van der Waals surface area contributed by atoms with E-state index in [0.717, 1.165) is 25.1 Å². The van der Waals surface area contributed by atoms with Gasteiger partial charge in [-0.05, 0) is 30.2 Å². The molecule has 0 spiro atoms. The first-order valence-corrected chi connectivity index (χ1v) is 7.87. The average molecular weight is 326 g/mol. The van der Waals surface area contributed by atoms with Gasteiger partial charge in [0.1, 0.15) is 12.1 Å². The number of anilines is 1. The molecule has 0 radical (unpaired) electrons. The van der Waals surface area contributed by atoms with Crippen LogP contribution >= 0.6 is 0 Å². The lowest BCUT2D eigenvalue weighted by Gasteiger charge is -2.27. The van der Waals surface area contributed by atoms with Crippen molar-refractivity contribution in [1.82, 2.24) is 15.3 Å². The van der Waals surface area contributed by atoms with E-state index in [1.807, 2.05) is 12.1 Å². The van der Waals surface area contributed by atoms with Crippen LogP contribution in [0, 0.1) is 11.6 Å². The topological polar surface area (TPSA) is 49.8 Å². The number of benzene rings is 2. The summed E-state index contributed by atoms with van der Waals surface area (Å²) in [6.45, 7) is 1.51. The zero-order valence-electron chi connectivity index (χ0n) is 12.9. The van der Waals surface area contributed by atoms with Crippen LogP contribution in [-0.4, -0.2) is 23.1 Å². The molecule has 2 N–H and O–H groups in total. The summed E-state index contributed by atoms with van der Waals surface area (Å²) < 4.78 is 26.9. The molecule has 3 aromatic rings. The summed E-state index contributed by atoms with van der Waals surface area (Å²) in [6, 6.07) is 10.7. The van der Waals surface area contributed by atoms with E-state index in [-0.39, 0.29) is 6.04 Å². The number of rotatable bonds is 3.